The molecule has 0 atom stereocenters. The fourth-order valence-electron chi connectivity index (χ4n) is 0.353. The first-order valence-corrected chi connectivity index (χ1v) is 2.05. The normalized spacial score (nSPS) is 8.22. The van der Waals surface area contributed by atoms with E-state index in [0.717, 1.165) is 6.39 Å². The highest BCUT2D eigenvalue weighted by molar-refractivity contribution is 6.56. The molecule has 1 rings (SSSR count). The molecule has 2 N–H and O–H groups in total. The van der Waals surface area contributed by atoms with Crippen LogP contribution in [0.5, 0.6) is 0 Å². The Hall–Kier alpha value is -0.515. The minimum absolute atomic E-state index is 0. The molecule has 1 aromatic heterocycles. The van der Waals surface area contributed by atoms with Gasteiger partial charge in [-0.1, -0.05) is 0 Å². The smallest absolute Gasteiger partial charge is 0.452 e. The van der Waals surface area contributed by atoms with Gasteiger partial charge in [-0.15, -0.1) is 12.4 Å². The van der Waals surface area contributed by atoms with E-state index in [-0.39, 0.29) is 18.1 Å². The molecular weight excluding hydrogens is 144 g/mol. The summed E-state index contributed by atoms with van der Waals surface area (Å²) in [5.41, 5.74) is 0.0602. The van der Waals surface area contributed by atoms with E-state index in [1.807, 2.05) is 0 Å². The van der Waals surface area contributed by atoms with Gasteiger partial charge in [-0.3, -0.25) is 0 Å². The average molecular weight is 149 g/mol. The van der Waals surface area contributed by atoms with E-state index in [0.29, 0.717) is 0 Å². The van der Waals surface area contributed by atoms with Gasteiger partial charge in [0.05, 0.1) is 6.20 Å². The Kier molecular flexibility index (Phi) is 3.30. The monoisotopic (exact) mass is 149 g/mol. The second-order valence-electron chi connectivity index (χ2n) is 1.28. The molecule has 0 amide bonds. The molecule has 1 aromatic rings. The molecule has 0 aromatic carbocycles. The van der Waals surface area contributed by atoms with Gasteiger partial charge in [0.2, 0.25) is 0 Å². The van der Waals surface area contributed by atoms with Crippen molar-refractivity contribution < 1.29 is 14.5 Å². The maximum absolute atomic E-state index is 8.33. The van der Waals surface area contributed by atoms with E-state index in [2.05, 4.69) is 9.40 Å². The maximum atomic E-state index is 8.33. The summed E-state index contributed by atoms with van der Waals surface area (Å²) in [5, 5.41) is 16.7. The van der Waals surface area contributed by atoms with Crippen molar-refractivity contribution in [2.75, 3.05) is 0 Å². The van der Waals surface area contributed by atoms with Gasteiger partial charge in [-0.2, -0.15) is 0 Å². The molecule has 0 aliphatic rings. The van der Waals surface area contributed by atoms with Crippen LogP contribution in [0, 0.1) is 0 Å². The molecular formula is C3H5BClNO3. The SMILES string of the molecule is Cl.OB(O)c1cnco1. The Balaban J connectivity index is 0.000000640. The minimum atomic E-state index is -1.54. The third kappa shape index (κ3) is 2.05. The van der Waals surface area contributed by atoms with E-state index in [4.69, 9.17) is 10.0 Å². The Morgan fingerprint density at radius 1 is 1.56 bits per heavy atom. The predicted molar refractivity (Wildman–Crippen MR) is 33.6 cm³/mol. The van der Waals surface area contributed by atoms with Gasteiger partial charge in [-0.05, 0) is 0 Å². The van der Waals surface area contributed by atoms with Gasteiger partial charge in [0.25, 0.3) is 0 Å². The second kappa shape index (κ2) is 3.50. The second-order valence-corrected chi connectivity index (χ2v) is 1.28. The number of aromatic nitrogens is 1. The first-order chi connectivity index (χ1) is 3.80. The molecule has 6 heteroatoms. The van der Waals surface area contributed by atoms with Gasteiger partial charge in [0.15, 0.2) is 12.1 Å². The highest BCUT2D eigenvalue weighted by Gasteiger charge is 2.13. The van der Waals surface area contributed by atoms with E-state index in [1.165, 1.54) is 6.20 Å². The van der Waals surface area contributed by atoms with Crippen LogP contribution in [0.3, 0.4) is 0 Å². The standard InChI is InChI=1S/C3H4BNO3.ClH/c6-4(7)3-1-5-2-8-3;/h1-2,6-7H;1H. The highest BCUT2D eigenvalue weighted by Crippen LogP contribution is 1.76. The van der Waals surface area contributed by atoms with Crippen LogP contribution in [0.4, 0.5) is 0 Å². The van der Waals surface area contributed by atoms with Gasteiger partial charge in [0, 0.05) is 0 Å². The largest absolute Gasteiger partial charge is 0.528 e. The lowest BCUT2D eigenvalue weighted by molar-refractivity contribution is 0.409. The molecule has 0 saturated heterocycles. The van der Waals surface area contributed by atoms with Crippen molar-refractivity contribution in [2.45, 2.75) is 0 Å². The number of hydrogen-bond donors (Lipinski definition) is 2. The van der Waals surface area contributed by atoms with E-state index in [9.17, 15) is 0 Å². The Morgan fingerprint density at radius 3 is 2.44 bits per heavy atom. The number of hydrogen-bond acceptors (Lipinski definition) is 4. The van der Waals surface area contributed by atoms with Crippen LogP contribution in [0.2, 0.25) is 0 Å². The average Bonchev–Trinajstić information content (AvgIpc) is 2.12. The van der Waals surface area contributed by atoms with E-state index >= 15 is 0 Å². The van der Waals surface area contributed by atoms with E-state index < -0.39 is 7.12 Å². The van der Waals surface area contributed by atoms with Crippen molar-refractivity contribution in [3.8, 4) is 0 Å². The molecule has 0 aliphatic carbocycles. The third-order valence-electron chi connectivity index (χ3n) is 0.706. The molecule has 0 aliphatic heterocycles. The van der Waals surface area contributed by atoms with Crippen molar-refractivity contribution in [2.24, 2.45) is 0 Å². The van der Waals surface area contributed by atoms with Crippen LogP contribution in [-0.2, 0) is 0 Å². The number of halogens is 1. The van der Waals surface area contributed by atoms with Crippen molar-refractivity contribution in [3.05, 3.63) is 12.6 Å². The molecule has 50 valence electrons. The van der Waals surface area contributed by atoms with Crippen molar-refractivity contribution in [3.63, 3.8) is 0 Å². The molecule has 0 unspecified atom stereocenters. The summed E-state index contributed by atoms with van der Waals surface area (Å²) in [5.74, 6) is 0. The van der Waals surface area contributed by atoms with Crippen LogP contribution in [0.1, 0.15) is 0 Å². The van der Waals surface area contributed by atoms with Gasteiger partial charge in [0.1, 0.15) is 0 Å². The molecule has 0 saturated carbocycles. The molecule has 9 heavy (non-hydrogen) atoms. The van der Waals surface area contributed by atoms with Crippen LogP contribution in [0.25, 0.3) is 0 Å². The molecule has 0 spiro atoms. The summed E-state index contributed by atoms with van der Waals surface area (Å²) < 4.78 is 4.48. The number of rotatable bonds is 1. The Bertz CT molecular complexity index is 154. The fraction of sp³-hybridized carbons (Fsp3) is 0. The fourth-order valence-corrected chi connectivity index (χ4v) is 0.353. The predicted octanol–water partition coefficient (Wildman–Crippen LogP) is -1.22. The summed E-state index contributed by atoms with van der Waals surface area (Å²) in [6.45, 7) is 0. The lowest BCUT2D eigenvalue weighted by Gasteiger charge is -1.85. The zero-order valence-electron chi connectivity index (χ0n) is 4.39. The summed E-state index contributed by atoms with van der Waals surface area (Å²) in [6.07, 6.45) is 2.37. The highest BCUT2D eigenvalue weighted by atomic mass is 35.5. The Labute approximate surface area is 58.1 Å². The molecule has 1 heterocycles. The molecule has 4 nitrogen and oxygen atoms in total. The lowest BCUT2D eigenvalue weighted by Crippen LogP contribution is -2.27. The van der Waals surface area contributed by atoms with Crippen LogP contribution in [-0.4, -0.2) is 22.2 Å². The lowest BCUT2D eigenvalue weighted by atomic mass is 9.89. The maximum Gasteiger partial charge on any atom is 0.528 e. The van der Waals surface area contributed by atoms with Crippen LogP contribution >= 0.6 is 12.4 Å². The number of oxazole rings is 1. The quantitative estimate of drug-likeness (QED) is 0.491. The summed E-state index contributed by atoms with van der Waals surface area (Å²) in [6, 6.07) is 0. The summed E-state index contributed by atoms with van der Waals surface area (Å²) >= 11 is 0. The first-order valence-electron chi connectivity index (χ1n) is 2.05. The zero-order chi connectivity index (χ0) is 5.98. The van der Waals surface area contributed by atoms with Crippen LogP contribution < -0.4 is 5.66 Å². The third-order valence-corrected chi connectivity index (χ3v) is 0.706. The van der Waals surface area contributed by atoms with Crippen molar-refractivity contribution in [1.82, 2.24) is 4.98 Å². The van der Waals surface area contributed by atoms with Crippen molar-refractivity contribution >= 4 is 25.2 Å². The number of nitrogens with zero attached hydrogens (tertiary/aromatic N) is 1. The van der Waals surface area contributed by atoms with Gasteiger partial charge in [-0.25, -0.2) is 4.98 Å². The zero-order valence-corrected chi connectivity index (χ0v) is 5.21. The van der Waals surface area contributed by atoms with Gasteiger partial charge < -0.3 is 14.5 Å². The summed E-state index contributed by atoms with van der Waals surface area (Å²) in [7, 11) is -1.54. The molecule has 0 radical (unpaired) electrons. The minimum Gasteiger partial charge on any atom is -0.452 e. The molecule has 0 bridgehead atoms. The van der Waals surface area contributed by atoms with E-state index in [1.54, 1.807) is 0 Å². The summed E-state index contributed by atoms with van der Waals surface area (Å²) in [4.78, 5) is 3.46. The Morgan fingerprint density at radius 2 is 2.22 bits per heavy atom. The van der Waals surface area contributed by atoms with Gasteiger partial charge >= 0.3 is 7.12 Å². The molecule has 0 fully saturated rings. The van der Waals surface area contributed by atoms with Crippen LogP contribution in [0.15, 0.2) is 17.0 Å². The van der Waals surface area contributed by atoms with Crippen molar-refractivity contribution in [1.29, 1.82) is 0 Å². The topological polar surface area (TPSA) is 66.5 Å². The first kappa shape index (κ1) is 8.48.